The topological polar surface area (TPSA) is 88.2 Å². The summed E-state index contributed by atoms with van der Waals surface area (Å²) in [6, 6.07) is 1.40. The van der Waals surface area contributed by atoms with Crippen LogP contribution in [-0.4, -0.2) is 33.8 Å². The third-order valence-corrected chi connectivity index (χ3v) is 3.42. The summed E-state index contributed by atoms with van der Waals surface area (Å²) in [6.07, 6.45) is 4.75. The summed E-state index contributed by atoms with van der Waals surface area (Å²) >= 11 is 0. The molecule has 0 radical (unpaired) electrons. The maximum atomic E-state index is 11.0. The number of pyridine rings is 1. The van der Waals surface area contributed by atoms with E-state index in [1.807, 2.05) is 6.07 Å². The number of aliphatic carboxylic acids is 1. The van der Waals surface area contributed by atoms with Gasteiger partial charge in [0.15, 0.2) is 5.58 Å². The fourth-order valence-corrected chi connectivity index (χ4v) is 2.51. The van der Waals surface area contributed by atoms with Gasteiger partial charge in [-0.2, -0.15) is 0 Å². The SMILES string of the molecule is O=C(O)C1CC(c2ccnc3cnoc23)CCN1. The minimum atomic E-state index is -0.803. The summed E-state index contributed by atoms with van der Waals surface area (Å²) < 4.78 is 5.22. The Morgan fingerprint density at radius 3 is 3.28 bits per heavy atom. The number of rotatable bonds is 2. The zero-order valence-corrected chi connectivity index (χ0v) is 9.67. The molecule has 0 bridgehead atoms. The van der Waals surface area contributed by atoms with Crippen molar-refractivity contribution in [3.05, 3.63) is 24.0 Å². The van der Waals surface area contributed by atoms with Crippen LogP contribution in [0.2, 0.25) is 0 Å². The van der Waals surface area contributed by atoms with Gasteiger partial charge in [-0.05, 0) is 31.4 Å². The molecule has 3 rings (SSSR count). The summed E-state index contributed by atoms with van der Waals surface area (Å²) in [7, 11) is 0. The van der Waals surface area contributed by atoms with Gasteiger partial charge >= 0.3 is 5.97 Å². The van der Waals surface area contributed by atoms with Crippen LogP contribution in [0.1, 0.15) is 24.3 Å². The van der Waals surface area contributed by atoms with E-state index in [9.17, 15) is 4.79 Å². The molecule has 3 heterocycles. The van der Waals surface area contributed by atoms with Crippen molar-refractivity contribution in [3.63, 3.8) is 0 Å². The van der Waals surface area contributed by atoms with Gasteiger partial charge < -0.3 is 14.9 Å². The largest absolute Gasteiger partial charge is 0.480 e. The first kappa shape index (κ1) is 11.2. The van der Waals surface area contributed by atoms with Crippen LogP contribution < -0.4 is 5.32 Å². The van der Waals surface area contributed by atoms with E-state index in [1.54, 1.807) is 12.4 Å². The highest BCUT2D eigenvalue weighted by Crippen LogP contribution is 2.32. The Labute approximate surface area is 103 Å². The van der Waals surface area contributed by atoms with Crippen molar-refractivity contribution < 1.29 is 14.4 Å². The summed E-state index contributed by atoms with van der Waals surface area (Å²) in [5.74, 6) is -0.631. The highest BCUT2D eigenvalue weighted by atomic mass is 16.5. The maximum Gasteiger partial charge on any atom is 0.320 e. The molecular weight excluding hydrogens is 234 g/mol. The van der Waals surface area contributed by atoms with Crippen LogP contribution in [0.5, 0.6) is 0 Å². The second kappa shape index (κ2) is 4.38. The number of aromatic nitrogens is 2. The molecule has 6 heteroatoms. The number of nitrogens with zero attached hydrogens (tertiary/aromatic N) is 2. The quantitative estimate of drug-likeness (QED) is 0.827. The fraction of sp³-hybridized carbons (Fsp3) is 0.417. The Kier molecular flexibility index (Phi) is 2.71. The zero-order chi connectivity index (χ0) is 12.5. The van der Waals surface area contributed by atoms with Gasteiger partial charge in [-0.15, -0.1) is 0 Å². The third kappa shape index (κ3) is 1.84. The van der Waals surface area contributed by atoms with Crippen LogP contribution in [0.4, 0.5) is 0 Å². The van der Waals surface area contributed by atoms with Crippen LogP contribution in [-0.2, 0) is 4.79 Å². The first-order valence-corrected chi connectivity index (χ1v) is 5.91. The number of carbonyl (C=O) groups is 1. The average Bonchev–Trinajstić information content (AvgIpc) is 2.87. The molecule has 1 saturated heterocycles. The predicted octanol–water partition coefficient (Wildman–Crippen LogP) is 1.14. The minimum absolute atomic E-state index is 0.172. The Morgan fingerprint density at radius 1 is 1.56 bits per heavy atom. The Hall–Kier alpha value is -1.95. The summed E-state index contributed by atoms with van der Waals surface area (Å²) in [6.45, 7) is 0.694. The molecule has 1 fully saturated rings. The molecular formula is C12H13N3O3. The van der Waals surface area contributed by atoms with E-state index in [-0.39, 0.29) is 5.92 Å². The maximum absolute atomic E-state index is 11.0. The van der Waals surface area contributed by atoms with Crippen molar-refractivity contribution >= 4 is 17.1 Å². The monoisotopic (exact) mass is 247 g/mol. The first-order valence-electron chi connectivity index (χ1n) is 5.91. The second-order valence-corrected chi connectivity index (χ2v) is 4.51. The molecule has 2 atom stereocenters. The molecule has 2 unspecified atom stereocenters. The normalized spacial score (nSPS) is 24.2. The third-order valence-electron chi connectivity index (χ3n) is 3.42. The molecule has 94 valence electrons. The van der Waals surface area contributed by atoms with Crippen LogP contribution in [0.3, 0.4) is 0 Å². The van der Waals surface area contributed by atoms with Crippen molar-refractivity contribution in [2.24, 2.45) is 0 Å². The number of piperidine rings is 1. The van der Waals surface area contributed by atoms with Crippen LogP contribution >= 0.6 is 0 Å². The number of fused-ring (bicyclic) bond motifs is 1. The molecule has 0 aromatic carbocycles. The number of hydrogen-bond acceptors (Lipinski definition) is 5. The predicted molar refractivity (Wildman–Crippen MR) is 63.2 cm³/mol. The molecule has 6 nitrogen and oxygen atoms in total. The second-order valence-electron chi connectivity index (χ2n) is 4.51. The molecule has 0 spiro atoms. The highest BCUT2D eigenvalue weighted by molar-refractivity contribution is 5.76. The molecule has 2 aromatic rings. The lowest BCUT2D eigenvalue weighted by atomic mass is 9.86. The minimum Gasteiger partial charge on any atom is -0.480 e. The van der Waals surface area contributed by atoms with Crippen LogP contribution in [0, 0.1) is 0 Å². The van der Waals surface area contributed by atoms with Crippen molar-refractivity contribution in [1.82, 2.24) is 15.5 Å². The van der Waals surface area contributed by atoms with Gasteiger partial charge in [-0.25, -0.2) is 0 Å². The van der Waals surface area contributed by atoms with Gasteiger partial charge in [0.1, 0.15) is 11.6 Å². The van der Waals surface area contributed by atoms with E-state index in [0.29, 0.717) is 18.5 Å². The van der Waals surface area contributed by atoms with Crippen LogP contribution in [0.15, 0.2) is 23.0 Å². The molecule has 0 aliphatic carbocycles. The Bertz CT molecular complexity index is 581. The van der Waals surface area contributed by atoms with Crippen molar-refractivity contribution in [3.8, 4) is 0 Å². The van der Waals surface area contributed by atoms with Gasteiger partial charge in [-0.3, -0.25) is 9.78 Å². The fourth-order valence-electron chi connectivity index (χ4n) is 2.51. The molecule has 1 aliphatic heterocycles. The van der Waals surface area contributed by atoms with Crippen LogP contribution in [0.25, 0.3) is 11.1 Å². The lowest BCUT2D eigenvalue weighted by Crippen LogP contribution is -2.42. The van der Waals surface area contributed by atoms with Crippen molar-refractivity contribution in [2.45, 2.75) is 24.8 Å². The first-order chi connectivity index (χ1) is 8.75. The lowest BCUT2D eigenvalue weighted by Gasteiger charge is -2.27. The van der Waals surface area contributed by atoms with Gasteiger partial charge in [0.05, 0.1) is 6.20 Å². The lowest BCUT2D eigenvalue weighted by molar-refractivity contribution is -0.140. The zero-order valence-electron chi connectivity index (χ0n) is 9.67. The van der Waals surface area contributed by atoms with E-state index in [1.165, 1.54) is 0 Å². The summed E-state index contributed by atoms with van der Waals surface area (Å²) in [5, 5.41) is 15.8. The van der Waals surface area contributed by atoms with E-state index >= 15 is 0 Å². The van der Waals surface area contributed by atoms with E-state index in [4.69, 9.17) is 9.63 Å². The molecule has 0 saturated carbocycles. The standard InChI is InChI=1S/C12H13N3O3/c16-12(17)9-5-7(1-3-13-9)8-2-4-14-10-6-15-18-11(8)10/h2,4,6-7,9,13H,1,3,5H2,(H,16,17). The molecule has 1 aliphatic rings. The Balaban J connectivity index is 1.94. The van der Waals surface area contributed by atoms with Crippen molar-refractivity contribution in [1.29, 1.82) is 0 Å². The van der Waals surface area contributed by atoms with Gasteiger partial charge in [0, 0.05) is 11.8 Å². The number of carboxylic acids is 1. The molecule has 2 N–H and O–H groups in total. The Morgan fingerprint density at radius 2 is 2.44 bits per heavy atom. The highest BCUT2D eigenvalue weighted by Gasteiger charge is 2.29. The summed E-state index contributed by atoms with van der Waals surface area (Å²) in [5.41, 5.74) is 2.40. The smallest absolute Gasteiger partial charge is 0.320 e. The van der Waals surface area contributed by atoms with E-state index in [2.05, 4.69) is 15.5 Å². The molecule has 18 heavy (non-hydrogen) atoms. The number of hydrogen-bond donors (Lipinski definition) is 2. The molecule has 2 aromatic heterocycles. The van der Waals surface area contributed by atoms with E-state index in [0.717, 1.165) is 17.5 Å². The number of nitrogens with one attached hydrogen (secondary N) is 1. The van der Waals surface area contributed by atoms with Gasteiger partial charge in [-0.1, -0.05) is 5.16 Å². The van der Waals surface area contributed by atoms with Gasteiger partial charge in [0.2, 0.25) is 0 Å². The number of carboxylic acid groups (broad SMARTS) is 1. The van der Waals surface area contributed by atoms with Gasteiger partial charge in [0.25, 0.3) is 0 Å². The van der Waals surface area contributed by atoms with E-state index < -0.39 is 12.0 Å². The average molecular weight is 247 g/mol. The van der Waals surface area contributed by atoms with Crippen molar-refractivity contribution in [2.75, 3.05) is 6.54 Å². The molecule has 0 amide bonds. The summed E-state index contributed by atoms with van der Waals surface area (Å²) in [4.78, 5) is 15.2.